The number of carboxylic acids is 4. The number of para-hydroxylation sites is 2. The van der Waals surface area contributed by atoms with Gasteiger partial charge in [0.25, 0.3) is 0 Å². The van der Waals surface area contributed by atoms with Gasteiger partial charge in [0.2, 0.25) is 11.8 Å². The van der Waals surface area contributed by atoms with Gasteiger partial charge in [-0.3, -0.25) is 19.2 Å². The number of fused-ring (bicyclic) bond motifs is 2. The third kappa shape index (κ3) is 10.7. The van der Waals surface area contributed by atoms with Gasteiger partial charge in [0.05, 0.1) is 11.8 Å². The summed E-state index contributed by atoms with van der Waals surface area (Å²) in [6, 6.07) is 12.9. The Balaban J connectivity index is 0.000000260. The first-order valence-electron chi connectivity index (χ1n) is 15.4. The second kappa shape index (κ2) is 17.3. The maximum absolute atomic E-state index is 11.9. The summed E-state index contributed by atoms with van der Waals surface area (Å²) in [5.41, 5.74) is 3.41. The van der Waals surface area contributed by atoms with Crippen molar-refractivity contribution in [1.82, 2.24) is 20.6 Å². The zero-order valence-corrected chi connectivity index (χ0v) is 26.6. The van der Waals surface area contributed by atoms with E-state index in [0.29, 0.717) is 0 Å². The van der Waals surface area contributed by atoms with Crippen molar-refractivity contribution in [3.63, 3.8) is 0 Å². The predicted octanol–water partition coefficient (Wildman–Crippen LogP) is 3.56. The summed E-state index contributed by atoms with van der Waals surface area (Å²) in [5, 5.41) is 43.1. The van der Waals surface area contributed by atoms with Gasteiger partial charge in [-0.15, -0.1) is 0 Å². The summed E-state index contributed by atoms with van der Waals surface area (Å²) >= 11 is 0. The van der Waals surface area contributed by atoms with Crippen LogP contribution in [-0.4, -0.2) is 78.2 Å². The lowest BCUT2D eigenvalue weighted by atomic mass is 10.0. The highest BCUT2D eigenvalue weighted by atomic mass is 16.4. The topological polar surface area (TPSA) is 239 Å². The van der Waals surface area contributed by atoms with Crippen LogP contribution in [0.15, 0.2) is 60.9 Å². The number of hydrogen-bond donors (Lipinski definition) is 8. The second-order valence-corrected chi connectivity index (χ2v) is 11.6. The van der Waals surface area contributed by atoms with Crippen molar-refractivity contribution in [2.45, 2.75) is 64.5 Å². The summed E-state index contributed by atoms with van der Waals surface area (Å²) in [6.45, 7) is 3.02. The van der Waals surface area contributed by atoms with E-state index < -0.39 is 59.6 Å². The molecule has 2 aromatic carbocycles. The van der Waals surface area contributed by atoms with E-state index in [9.17, 15) is 39.0 Å². The number of hydrogen-bond acceptors (Lipinski definition) is 6. The number of nitrogens with one attached hydrogen (secondary N) is 4. The molecule has 0 unspecified atom stereocenters. The predicted molar refractivity (Wildman–Crippen MR) is 175 cm³/mol. The third-order valence-electron chi connectivity index (χ3n) is 7.92. The van der Waals surface area contributed by atoms with E-state index in [1.54, 1.807) is 12.4 Å². The van der Waals surface area contributed by atoms with E-state index in [4.69, 9.17) is 10.2 Å². The fraction of sp³-hybridized carbons (Fsp3) is 0.353. The van der Waals surface area contributed by atoms with Crippen LogP contribution in [0.2, 0.25) is 0 Å². The molecule has 0 fully saturated rings. The van der Waals surface area contributed by atoms with Crippen LogP contribution in [0.3, 0.4) is 0 Å². The van der Waals surface area contributed by atoms with Gasteiger partial charge in [0.15, 0.2) is 0 Å². The van der Waals surface area contributed by atoms with E-state index in [1.807, 2.05) is 48.5 Å². The van der Waals surface area contributed by atoms with E-state index in [2.05, 4.69) is 20.6 Å². The molecule has 4 rings (SSSR count). The fourth-order valence-corrected chi connectivity index (χ4v) is 4.92. The average molecular weight is 665 g/mol. The Morgan fingerprint density at radius 3 is 1.27 bits per heavy atom. The van der Waals surface area contributed by atoms with Crippen molar-refractivity contribution in [3.8, 4) is 0 Å². The standard InChI is InChI=1S/2C17H20N2O5/c2*1-10(16(21)22)6-7-15(20)19-14(17(23)24)8-11-9-18-13-5-3-2-4-12(11)13/h2*2-5,9-10,14,18H,6-8H2,1H3,(H,19,20)(H,21,22)(H,23,24)/t2*10-,14-/m11/s1. The Hall–Kier alpha value is -5.66. The van der Waals surface area contributed by atoms with Crippen LogP contribution in [0, 0.1) is 11.8 Å². The van der Waals surface area contributed by atoms with E-state index >= 15 is 0 Å². The molecule has 48 heavy (non-hydrogen) atoms. The van der Waals surface area contributed by atoms with Crippen molar-refractivity contribution in [2.24, 2.45) is 11.8 Å². The lowest BCUT2D eigenvalue weighted by Crippen LogP contribution is -2.42. The van der Waals surface area contributed by atoms with Gasteiger partial charge in [-0.1, -0.05) is 50.2 Å². The molecule has 2 heterocycles. The van der Waals surface area contributed by atoms with Crippen LogP contribution < -0.4 is 10.6 Å². The molecule has 0 aliphatic carbocycles. The van der Waals surface area contributed by atoms with E-state index in [-0.39, 0.29) is 38.5 Å². The summed E-state index contributed by atoms with van der Waals surface area (Å²) in [4.78, 5) is 74.3. The van der Waals surface area contributed by atoms with Gasteiger partial charge in [0.1, 0.15) is 12.1 Å². The van der Waals surface area contributed by atoms with Gasteiger partial charge >= 0.3 is 23.9 Å². The molecule has 0 saturated carbocycles. The Kier molecular flexibility index (Phi) is 13.3. The van der Waals surface area contributed by atoms with Crippen LogP contribution in [0.5, 0.6) is 0 Å². The molecular weight excluding hydrogens is 624 g/mol. The number of aliphatic carboxylic acids is 4. The normalized spacial score (nSPS) is 13.4. The molecule has 2 amide bonds. The summed E-state index contributed by atoms with van der Waals surface area (Å²) in [5.74, 6) is -6.42. The quantitative estimate of drug-likeness (QED) is 0.0866. The third-order valence-corrected chi connectivity index (χ3v) is 7.92. The van der Waals surface area contributed by atoms with E-state index in [0.717, 1.165) is 32.9 Å². The van der Waals surface area contributed by atoms with Crippen LogP contribution >= 0.6 is 0 Å². The number of aromatic nitrogens is 2. The lowest BCUT2D eigenvalue weighted by Gasteiger charge is -2.15. The van der Waals surface area contributed by atoms with Crippen LogP contribution in [0.4, 0.5) is 0 Å². The van der Waals surface area contributed by atoms with Gasteiger partial charge in [-0.05, 0) is 36.1 Å². The number of aromatic amines is 2. The molecule has 0 bridgehead atoms. The Labute approximate surface area is 275 Å². The zero-order valence-electron chi connectivity index (χ0n) is 26.6. The Bertz CT molecular complexity index is 1630. The molecule has 2 aromatic heterocycles. The number of carbonyl (C=O) groups is 6. The lowest BCUT2D eigenvalue weighted by molar-refractivity contribution is -0.143. The molecule has 0 spiro atoms. The summed E-state index contributed by atoms with van der Waals surface area (Å²) < 4.78 is 0. The zero-order chi connectivity index (χ0) is 35.4. The molecule has 4 atom stereocenters. The smallest absolute Gasteiger partial charge is 0.326 e. The molecule has 0 aliphatic rings. The van der Waals surface area contributed by atoms with Crippen molar-refractivity contribution in [3.05, 3.63) is 72.1 Å². The van der Waals surface area contributed by atoms with E-state index in [1.165, 1.54) is 13.8 Å². The Morgan fingerprint density at radius 1 is 0.583 bits per heavy atom. The van der Waals surface area contributed by atoms with Gasteiger partial charge in [-0.2, -0.15) is 0 Å². The molecule has 256 valence electrons. The molecule has 0 aliphatic heterocycles. The van der Waals surface area contributed by atoms with Gasteiger partial charge in [-0.25, -0.2) is 9.59 Å². The molecule has 14 nitrogen and oxygen atoms in total. The number of amides is 2. The Morgan fingerprint density at radius 2 is 0.938 bits per heavy atom. The molecule has 4 aromatic rings. The van der Waals surface area contributed by atoms with Crippen LogP contribution in [0.1, 0.15) is 50.7 Å². The SMILES string of the molecule is C[C@H](CCC(=O)N[C@H](Cc1c[nH]c2ccccc12)C(=O)O)C(=O)O.C[C@H](CCC(=O)N[C@H](Cc1c[nH]c2ccccc12)C(=O)O)C(=O)O. The van der Waals surface area contributed by atoms with Crippen molar-refractivity contribution in [1.29, 1.82) is 0 Å². The number of carboxylic acid groups (broad SMARTS) is 4. The monoisotopic (exact) mass is 664 g/mol. The van der Waals surface area contributed by atoms with Crippen LogP contribution in [0.25, 0.3) is 21.8 Å². The average Bonchev–Trinajstić information content (AvgIpc) is 3.65. The van der Waals surface area contributed by atoms with Crippen molar-refractivity contribution in [2.75, 3.05) is 0 Å². The number of H-pyrrole nitrogens is 2. The number of rotatable bonds is 16. The number of carbonyl (C=O) groups excluding carboxylic acids is 2. The summed E-state index contributed by atoms with van der Waals surface area (Å²) in [7, 11) is 0. The molecule has 0 saturated heterocycles. The number of benzene rings is 2. The summed E-state index contributed by atoms with van der Waals surface area (Å²) in [6.07, 6.45) is 4.06. The highest BCUT2D eigenvalue weighted by molar-refractivity contribution is 5.88. The molecule has 8 N–H and O–H groups in total. The first kappa shape index (κ1) is 36.8. The highest BCUT2D eigenvalue weighted by Crippen LogP contribution is 2.20. The van der Waals surface area contributed by atoms with Crippen molar-refractivity contribution >= 4 is 57.5 Å². The largest absolute Gasteiger partial charge is 0.481 e. The first-order valence-corrected chi connectivity index (χ1v) is 15.4. The highest BCUT2D eigenvalue weighted by Gasteiger charge is 2.24. The molecule has 0 radical (unpaired) electrons. The minimum Gasteiger partial charge on any atom is -0.481 e. The maximum Gasteiger partial charge on any atom is 0.326 e. The minimum absolute atomic E-state index is 0.0227. The second-order valence-electron chi connectivity index (χ2n) is 11.6. The molecule has 14 heteroatoms. The fourth-order valence-electron chi connectivity index (χ4n) is 4.92. The minimum atomic E-state index is -1.13. The molecular formula is C34H40N4O10. The van der Waals surface area contributed by atoms with Gasteiger partial charge in [0, 0.05) is 59.9 Å². The van der Waals surface area contributed by atoms with Gasteiger partial charge < -0.3 is 41.0 Å². The maximum atomic E-state index is 11.9. The first-order chi connectivity index (χ1) is 22.8. The van der Waals surface area contributed by atoms with Crippen LogP contribution in [-0.2, 0) is 41.6 Å². The van der Waals surface area contributed by atoms with Crippen molar-refractivity contribution < 1.29 is 49.2 Å².